The lowest BCUT2D eigenvalue weighted by molar-refractivity contribution is 0.0395. The van der Waals surface area contributed by atoms with Crippen LogP contribution in [0.3, 0.4) is 0 Å². The summed E-state index contributed by atoms with van der Waals surface area (Å²) in [4.78, 5) is 16.9. The van der Waals surface area contributed by atoms with Gasteiger partial charge in [-0.2, -0.15) is 0 Å². The standard InChI is InChI=1S/C21H26N2O3/c1-16-2-4-17(5-3-16)14-22-11-12-23(15-19(22)10-13-24)21(26)18-6-8-20(25)9-7-18/h2-9,19,24-25H,10-15H2,1H3/t19-/m1/s1. The van der Waals surface area contributed by atoms with Crippen LogP contribution in [0, 0.1) is 6.92 Å². The number of hydrogen-bond acceptors (Lipinski definition) is 4. The smallest absolute Gasteiger partial charge is 0.253 e. The van der Waals surface area contributed by atoms with E-state index in [1.807, 2.05) is 4.90 Å². The number of piperazine rings is 1. The first-order valence-corrected chi connectivity index (χ1v) is 9.05. The number of rotatable bonds is 5. The van der Waals surface area contributed by atoms with Crippen molar-refractivity contribution in [2.45, 2.75) is 25.9 Å². The molecule has 2 aromatic carbocycles. The second-order valence-corrected chi connectivity index (χ2v) is 6.92. The number of carbonyl (C=O) groups excluding carboxylic acids is 1. The molecule has 1 aliphatic rings. The predicted molar refractivity (Wildman–Crippen MR) is 101 cm³/mol. The summed E-state index contributed by atoms with van der Waals surface area (Å²) in [6, 6.07) is 15.0. The van der Waals surface area contributed by atoms with E-state index in [0.717, 1.165) is 13.1 Å². The van der Waals surface area contributed by atoms with Crippen molar-refractivity contribution in [1.82, 2.24) is 9.80 Å². The summed E-state index contributed by atoms with van der Waals surface area (Å²) in [5, 5.41) is 18.8. The summed E-state index contributed by atoms with van der Waals surface area (Å²) in [7, 11) is 0. The molecular weight excluding hydrogens is 328 g/mol. The average molecular weight is 354 g/mol. The van der Waals surface area contributed by atoms with E-state index in [9.17, 15) is 15.0 Å². The zero-order valence-corrected chi connectivity index (χ0v) is 15.1. The molecule has 3 rings (SSSR count). The first-order chi connectivity index (χ1) is 12.6. The van der Waals surface area contributed by atoms with E-state index in [-0.39, 0.29) is 24.3 Å². The Morgan fingerprint density at radius 2 is 1.77 bits per heavy atom. The Hall–Kier alpha value is -2.37. The van der Waals surface area contributed by atoms with Gasteiger partial charge in [-0.05, 0) is 43.2 Å². The lowest BCUT2D eigenvalue weighted by Crippen LogP contribution is -2.54. The van der Waals surface area contributed by atoms with Gasteiger partial charge in [-0.3, -0.25) is 9.69 Å². The SMILES string of the molecule is Cc1ccc(CN2CCN(C(=O)c3ccc(O)cc3)C[C@H]2CCO)cc1. The fraction of sp³-hybridized carbons (Fsp3) is 0.381. The largest absolute Gasteiger partial charge is 0.508 e. The van der Waals surface area contributed by atoms with Gasteiger partial charge in [-0.15, -0.1) is 0 Å². The first-order valence-electron chi connectivity index (χ1n) is 9.05. The molecule has 2 aromatic rings. The quantitative estimate of drug-likeness (QED) is 0.865. The van der Waals surface area contributed by atoms with Gasteiger partial charge in [-0.1, -0.05) is 29.8 Å². The summed E-state index contributed by atoms with van der Waals surface area (Å²) in [5.41, 5.74) is 3.07. The van der Waals surface area contributed by atoms with E-state index in [0.29, 0.717) is 25.1 Å². The van der Waals surface area contributed by atoms with E-state index in [1.54, 1.807) is 12.1 Å². The first kappa shape index (κ1) is 18.4. The Morgan fingerprint density at radius 3 is 2.42 bits per heavy atom. The summed E-state index contributed by atoms with van der Waals surface area (Å²) >= 11 is 0. The highest BCUT2D eigenvalue weighted by Crippen LogP contribution is 2.19. The normalized spacial score (nSPS) is 18.1. The Bertz CT molecular complexity index is 728. The Labute approximate surface area is 154 Å². The van der Waals surface area contributed by atoms with Crippen molar-refractivity contribution in [3.63, 3.8) is 0 Å². The molecule has 1 aliphatic heterocycles. The molecule has 2 N–H and O–H groups in total. The number of carbonyl (C=O) groups is 1. The number of aliphatic hydroxyl groups is 1. The maximum atomic E-state index is 12.7. The van der Waals surface area contributed by atoms with E-state index in [2.05, 4.69) is 36.1 Å². The maximum Gasteiger partial charge on any atom is 0.253 e. The minimum absolute atomic E-state index is 0.0251. The Balaban J connectivity index is 1.67. The second kappa shape index (κ2) is 8.34. The van der Waals surface area contributed by atoms with Crippen LogP contribution in [0.5, 0.6) is 5.75 Å². The number of aromatic hydroxyl groups is 1. The van der Waals surface area contributed by atoms with Crippen LogP contribution >= 0.6 is 0 Å². The number of phenolic OH excluding ortho intramolecular Hbond substituents is 1. The fourth-order valence-electron chi connectivity index (χ4n) is 3.42. The topological polar surface area (TPSA) is 64.0 Å². The van der Waals surface area contributed by atoms with E-state index in [1.165, 1.54) is 23.3 Å². The Morgan fingerprint density at radius 1 is 1.08 bits per heavy atom. The minimum Gasteiger partial charge on any atom is -0.508 e. The maximum absolute atomic E-state index is 12.7. The van der Waals surface area contributed by atoms with Crippen molar-refractivity contribution < 1.29 is 15.0 Å². The van der Waals surface area contributed by atoms with E-state index in [4.69, 9.17) is 0 Å². The molecule has 5 nitrogen and oxygen atoms in total. The fourth-order valence-corrected chi connectivity index (χ4v) is 3.42. The highest BCUT2D eigenvalue weighted by molar-refractivity contribution is 5.94. The molecule has 0 aliphatic carbocycles. The molecule has 1 saturated heterocycles. The van der Waals surface area contributed by atoms with Gasteiger partial charge < -0.3 is 15.1 Å². The van der Waals surface area contributed by atoms with Gasteiger partial charge in [0.1, 0.15) is 5.75 Å². The number of phenols is 1. The molecule has 1 heterocycles. The molecule has 26 heavy (non-hydrogen) atoms. The van der Waals surface area contributed by atoms with Gasteiger partial charge in [0.05, 0.1) is 0 Å². The molecular formula is C21H26N2O3. The third-order valence-corrected chi connectivity index (χ3v) is 4.97. The summed E-state index contributed by atoms with van der Waals surface area (Å²) in [6.45, 7) is 5.05. The van der Waals surface area contributed by atoms with Crippen LogP contribution in [-0.4, -0.2) is 58.2 Å². The second-order valence-electron chi connectivity index (χ2n) is 6.92. The van der Waals surface area contributed by atoms with Crippen LogP contribution < -0.4 is 0 Å². The van der Waals surface area contributed by atoms with Crippen molar-refractivity contribution >= 4 is 5.91 Å². The average Bonchev–Trinajstić information content (AvgIpc) is 2.65. The lowest BCUT2D eigenvalue weighted by Gasteiger charge is -2.41. The monoisotopic (exact) mass is 354 g/mol. The lowest BCUT2D eigenvalue weighted by atomic mass is 10.0. The molecule has 0 aromatic heterocycles. The Kier molecular flexibility index (Phi) is 5.91. The highest BCUT2D eigenvalue weighted by Gasteiger charge is 2.29. The van der Waals surface area contributed by atoms with Crippen molar-refractivity contribution in [3.05, 3.63) is 65.2 Å². The summed E-state index contributed by atoms with van der Waals surface area (Å²) in [6.07, 6.45) is 0.644. The third-order valence-electron chi connectivity index (χ3n) is 4.97. The molecule has 0 spiro atoms. The van der Waals surface area contributed by atoms with Crippen LogP contribution in [0.25, 0.3) is 0 Å². The van der Waals surface area contributed by atoms with Crippen LogP contribution in [0.15, 0.2) is 48.5 Å². The van der Waals surface area contributed by atoms with Gasteiger partial charge >= 0.3 is 0 Å². The molecule has 0 radical (unpaired) electrons. The zero-order chi connectivity index (χ0) is 18.5. The van der Waals surface area contributed by atoms with Crippen LogP contribution in [0.2, 0.25) is 0 Å². The van der Waals surface area contributed by atoms with Crippen molar-refractivity contribution in [2.24, 2.45) is 0 Å². The summed E-state index contributed by atoms with van der Waals surface area (Å²) in [5.74, 6) is 0.130. The van der Waals surface area contributed by atoms with Crippen LogP contribution in [-0.2, 0) is 6.54 Å². The predicted octanol–water partition coefficient (Wildman–Crippen LogP) is 2.41. The van der Waals surface area contributed by atoms with Crippen molar-refractivity contribution in [1.29, 1.82) is 0 Å². The van der Waals surface area contributed by atoms with E-state index >= 15 is 0 Å². The van der Waals surface area contributed by atoms with Gasteiger partial charge in [0.25, 0.3) is 5.91 Å². The zero-order valence-electron chi connectivity index (χ0n) is 15.1. The number of aryl methyl sites for hydroxylation is 1. The molecule has 0 saturated carbocycles. The number of nitrogens with zero attached hydrogens (tertiary/aromatic N) is 2. The van der Waals surface area contributed by atoms with Gasteiger partial charge in [0.15, 0.2) is 0 Å². The van der Waals surface area contributed by atoms with Gasteiger partial charge in [0.2, 0.25) is 0 Å². The van der Waals surface area contributed by atoms with Crippen LogP contribution in [0.4, 0.5) is 0 Å². The molecule has 1 atom stereocenters. The minimum atomic E-state index is -0.0251. The van der Waals surface area contributed by atoms with Gasteiger partial charge in [-0.25, -0.2) is 0 Å². The number of benzene rings is 2. The summed E-state index contributed by atoms with van der Waals surface area (Å²) < 4.78 is 0. The molecule has 1 amide bonds. The molecule has 0 bridgehead atoms. The highest BCUT2D eigenvalue weighted by atomic mass is 16.3. The van der Waals surface area contributed by atoms with Crippen molar-refractivity contribution in [2.75, 3.05) is 26.2 Å². The molecule has 1 fully saturated rings. The number of aliphatic hydroxyl groups excluding tert-OH is 1. The number of amides is 1. The van der Waals surface area contributed by atoms with Crippen molar-refractivity contribution in [3.8, 4) is 5.75 Å². The van der Waals surface area contributed by atoms with Gasteiger partial charge in [0, 0.05) is 44.4 Å². The van der Waals surface area contributed by atoms with Crippen LogP contribution in [0.1, 0.15) is 27.9 Å². The number of hydrogen-bond donors (Lipinski definition) is 2. The molecule has 138 valence electrons. The molecule has 0 unspecified atom stereocenters. The van der Waals surface area contributed by atoms with E-state index < -0.39 is 0 Å². The third kappa shape index (κ3) is 4.42. The molecule has 5 heteroatoms.